The van der Waals surface area contributed by atoms with Gasteiger partial charge in [0.25, 0.3) is 0 Å². The lowest BCUT2D eigenvalue weighted by atomic mass is 10.0. The standard InChI is InChI=1S/C19H24N4O2/c1-13-4-5-14(2)19-18(13)16(25)10-15(21-19)11-23(8-9-24)12-17-20-6-7-22(17)3/h4-7,10,24H,8-9,11-12H2,1-3H3,(H,21,25). The number of aromatic nitrogens is 3. The van der Waals surface area contributed by atoms with Gasteiger partial charge in [0.1, 0.15) is 5.82 Å². The summed E-state index contributed by atoms with van der Waals surface area (Å²) in [6.45, 7) is 5.68. The zero-order valence-electron chi connectivity index (χ0n) is 14.9. The molecule has 0 saturated heterocycles. The minimum Gasteiger partial charge on any atom is -0.395 e. The van der Waals surface area contributed by atoms with Gasteiger partial charge < -0.3 is 14.7 Å². The Morgan fingerprint density at radius 3 is 2.68 bits per heavy atom. The Morgan fingerprint density at radius 1 is 1.24 bits per heavy atom. The second-order valence-electron chi connectivity index (χ2n) is 6.50. The average Bonchev–Trinajstić information content (AvgIpc) is 2.96. The van der Waals surface area contributed by atoms with Crippen LogP contribution < -0.4 is 5.43 Å². The molecule has 25 heavy (non-hydrogen) atoms. The first kappa shape index (κ1) is 17.4. The van der Waals surface area contributed by atoms with Crippen molar-refractivity contribution in [2.24, 2.45) is 7.05 Å². The lowest BCUT2D eigenvalue weighted by Crippen LogP contribution is -2.28. The van der Waals surface area contributed by atoms with Crippen LogP contribution in [-0.4, -0.2) is 37.7 Å². The smallest absolute Gasteiger partial charge is 0.189 e. The highest BCUT2D eigenvalue weighted by Crippen LogP contribution is 2.18. The number of imidazole rings is 1. The van der Waals surface area contributed by atoms with Gasteiger partial charge in [0.2, 0.25) is 0 Å². The maximum atomic E-state index is 12.6. The van der Waals surface area contributed by atoms with Gasteiger partial charge in [-0.2, -0.15) is 0 Å². The molecule has 0 spiro atoms. The second kappa shape index (κ2) is 7.21. The molecule has 0 aliphatic heterocycles. The van der Waals surface area contributed by atoms with E-state index in [1.165, 1.54) is 0 Å². The van der Waals surface area contributed by atoms with E-state index in [-0.39, 0.29) is 12.0 Å². The summed E-state index contributed by atoms with van der Waals surface area (Å²) in [6, 6.07) is 5.67. The first-order valence-electron chi connectivity index (χ1n) is 8.41. The van der Waals surface area contributed by atoms with Crippen molar-refractivity contribution in [2.45, 2.75) is 26.9 Å². The molecule has 6 nitrogen and oxygen atoms in total. The van der Waals surface area contributed by atoms with Gasteiger partial charge in [0.05, 0.1) is 18.7 Å². The molecule has 2 heterocycles. The van der Waals surface area contributed by atoms with Crippen LogP contribution in [0, 0.1) is 13.8 Å². The van der Waals surface area contributed by atoms with Gasteiger partial charge in [0, 0.05) is 49.7 Å². The molecule has 6 heteroatoms. The predicted octanol–water partition coefficient (Wildman–Crippen LogP) is 1.87. The molecular weight excluding hydrogens is 316 g/mol. The van der Waals surface area contributed by atoms with Crippen molar-refractivity contribution in [3.05, 3.63) is 63.5 Å². The quantitative estimate of drug-likeness (QED) is 0.718. The number of hydrogen-bond donors (Lipinski definition) is 2. The number of nitrogens with one attached hydrogen (secondary N) is 1. The Morgan fingerprint density at radius 2 is 2.00 bits per heavy atom. The number of pyridine rings is 1. The summed E-state index contributed by atoms with van der Waals surface area (Å²) < 4.78 is 1.96. The number of aliphatic hydroxyl groups excluding tert-OH is 1. The molecule has 2 N–H and O–H groups in total. The summed E-state index contributed by atoms with van der Waals surface area (Å²) in [5.41, 5.74) is 3.80. The third-order valence-corrected chi connectivity index (χ3v) is 4.56. The van der Waals surface area contributed by atoms with Gasteiger partial charge in [0.15, 0.2) is 5.43 Å². The third-order valence-electron chi connectivity index (χ3n) is 4.56. The van der Waals surface area contributed by atoms with Crippen LogP contribution in [0.5, 0.6) is 0 Å². The van der Waals surface area contributed by atoms with Crippen LogP contribution >= 0.6 is 0 Å². The van der Waals surface area contributed by atoms with Crippen LogP contribution in [0.15, 0.2) is 35.4 Å². The largest absolute Gasteiger partial charge is 0.395 e. The van der Waals surface area contributed by atoms with E-state index in [9.17, 15) is 9.90 Å². The zero-order valence-corrected chi connectivity index (χ0v) is 14.9. The number of hydrogen-bond acceptors (Lipinski definition) is 4. The molecule has 3 rings (SSSR count). The molecule has 0 aliphatic rings. The molecule has 0 fully saturated rings. The molecule has 2 aromatic heterocycles. The first-order chi connectivity index (χ1) is 12.0. The summed E-state index contributed by atoms with van der Waals surface area (Å²) in [6.07, 6.45) is 3.66. The fraction of sp³-hybridized carbons (Fsp3) is 0.368. The van der Waals surface area contributed by atoms with E-state index >= 15 is 0 Å². The number of rotatable bonds is 6. The summed E-state index contributed by atoms with van der Waals surface area (Å²) in [5, 5.41) is 10.1. The van der Waals surface area contributed by atoms with Crippen molar-refractivity contribution in [3.63, 3.8) is 0 Å². The molecule has 132 valence electrons. The Hall–Kier alpha value is -2.44. The SMILES string of the molecule is Cc1ccc(C)c2c(=O)cc(CN(CCO)Cc3nccn3C)[nH]c12. The van der Waals surface area contributed by atoms with E-state index < -0.39 is 0 Å². The Labute approximate surface area is 146 Å². The third kappa shape index (κ3) is 3.65. The molecule has 1 aromatic carbocycles. The highest BCUT2D eigenvalue weighted by molar-refractivity contribution is 5.84. The van der Waals surface area contributed by atoms with Crippen molar-refractivity contribution in [2.75, 3.05) is 13.2 Å². The van der Waals surface area contributed by atoms with Crippen molar-refractivity contribution in [1.29, 1.82) is 0 Å². The van der Waals surface area contributed by atoms with E-state index in [0.717, 1.165) is 33.5 Å². The molecule has 0 aliphatic carbocycles. The molecule has 0 bridgehead atoms. The van der Waals surface area contributed by atoms with Crippen LogP contribution in [0.1, 0.15) is 22.6 Å². The van der Waals surface area contributed by atoms with Gasteiger partial charge in [-0.3, -0.25) is 9.69 Å². The maximum absolute atomic E-state index is 12.6. The van der Waals surface area contributed by atoms with Gasteiger partial charge >= 0.3 is 0 Å². The zero-order chi connectivity index (χ0) is 18.0. The van der Waals surface area contributed by atoms with Crippen LogP contribution in [0.3, 0.4) is 0 Å². The number of nitrogens with zero attached hydrogens (tertiary/aromatic N) is 3. The average molecular weight is 340 g/mol. The van der Waals surface area contributed by atoms with Crippen molar-refractivity contribution >= 4 is 10.9 Å². The van der Waals surface area contributed by atoms with Crippen LogP contribution in [0.2, 0.25) is 0 Å². The van der Waals surface area contributed by atoms with E-state index in [0.29, 0.717) is 19.6 Å². The molecule has 0 saturated carbocycles. The minimum atomic E-state index is 0.0332. The van der Waals surface area contributed by atoms with E-state index in [1.807, 2.05) is 43.8 Å². The molecule has 0 amide bonds. The lowest BCUT2D eigenvalue weighted by Gasteiger charge is -2.21. The number of aryl methyl sites for hydroxylation is 3. The van der Waals surface area contributed by atoms with Crippen molar-refractivity contribution < 1.29 is 5.11 Å². The minimum absolute atomic E-state index is 0.0332. The number of fused-ring (bicyclic) bond motifs is 1. The summed E-state index contributed by atoms with van der Waals surface area (Å²) >= 11 is 0. The maximum Gasteiger partial charge on any atom is 0.189 e. The Bertz CT molecular complexity index is 942. The number of aromatic amines is 1. The van der Waals surface area contributed by atoms with Crippen LogP contribution in [0.25, 0.3) is 10.9 Å². The fourth-order valence-electron chi connectivity index (χ4n) is 3.15. The van der Waals surface area contributed by atoms with E-state index in [2.05, 4.69) is 14.9 Å². The Balaban J connectivity index is 1.93. The van der Waals surface area contributed by atoms with Crippen LogP contribution in [-0.2, 0) is 20.1 Å². The number of aliphatic hydroxyl groups is 1. The fourth-order valence-corrected chi connectivity index (χ4v) is 3.15. The van der Waals surface area contributed by atoms with E-state index in [4.69, 9.17) is 0 Å². The Kier molecular flexibility index (Phi) is 5.01. The number of benzene rings is 1. The first-order valence-corrected chi connectivity index (χ1v) is 8.41. The summed E-state index contributed by atoms with van der Waals surface area (Å²) in [5.74, 6) is 0.920. The molecular formula is C19H24N4O2. The predicted molar refractivity (Wildman–Crippen MR) is 98.5 cm³/mol. The van der Waals surface area contributed by atoms with E-state index in [1.54, 1.807) is 12.3 Å². The normalized spacial score (nSPS) is 11.6. The van der Waals surface area contributed by atoms with Crippen LogP contribution in [0.4, 0.5) is 0 Å². The van der Waals surface area contributed by atoms with Gasteiger partial charge in [-0.05, 0) is 25.0 Å². The second-order valence-corrected chi connectivity index (χ2v) is 6.50. The summed E-state index contributed by atoms with van der Waals surface area (Å²) in [4.78, 5) is 22.4. The molecule has 0 atom stereocenters. The van der Waals surface area contributed by atoms with Gasteiger partial charge in [-0.1, -0.05) is 12.1 Å². The molecule has 0 radical (unpaired) electrons. The van der Waals surface area contributed by atoms with Gasteiger partial charge in [-0.15, -0.1) is 0 Å². The highest BCUT2D eigenvalue weighted by atomic mass is 16.3. The summed E-state index contributed by atoms with van der Waals surface area (Å²) in [7, 11) is 1.95. The molecule has 3 aromatic rings. The monoisotopic (exact) mass is 340 g/mol. The molecule has 0 unspecified atom stereocenters. The highest BCUT2D eigenvalue weighted by Gasteiger charge is 2.13. The van der Waals surface area contributed by atoms with Crippen molar-refractivity contribution in [3.8, 4) is 0 Å². The number of H-pyrrole nitrogens is 1. The van der Waals surface area contributed by atoms with Gasteiger partial charge in [-0.25, -0.2) is 4.98 Å². The lowest BCUT2D eigenvalue weighted by molar-refractivity contribution is 0.179. The van der Waals surface area contributed by atoms with Crippen molar-refractivity contribution in [1.82, 2.24) is 19.4 Å². The topological polar surface area (TPSA) is 74.2 Å².